The largest absolute Gasteiger partial charge is 0.491 e. The zero-order valence-corrected chi connectivity index (χ0v) is 17.4. The summed E-state index contributed by atoms with van der Waals surface area (Å²) < 4.78 is 34.4. The first-order chi connectivity index (χ1) is 15.1. The Hall–Kier alpha value is -3.53. The average Bonchev–Trinajstić information content (AvgIpc) is 2.96. The van der Waals surface area contributed by atoms with Crippen LogP contribution in [0.3, 0.4) is 0 Å². The number of ether oxygens (including phenoxy) is 2. The van der Waals surface area contributed by atoms with Crippen molar-refractivity contribution in [1.29, 1.82) is 0 Å². The number of rotatable bonds is 9. The molecule has 10 heteroatoms. The molecule has 2 aromatic carbocycles. The minimum Gasteiger partial charge on any atom is -0.491 e. The van der Waals surface area contributed by atoms with E-state index in [1.54, 1.807) is 18.2 Å². The molecule has 3 amide bonds. The number of nitrogens with zero attached hydrogens (tertiary/aromatic N) is 1. The van der Waals surface area contributed by atoms with Gasteiger partial charge in [0.15, 0.2) is 5.78 Å². The van der Waals surface area contributed by atoms with Gasteiger partial charge in [-0.25, -0.2) is 4.79 Å². The number of urea groups is 1. The van der Waals surface area contributed by atoms with Gasteiger partial charge in [-0.2, -0.15) is 8.78 Å². The van der Waals surface area contributed by atoms with Gasteiger partial charge in [-0.05, 0) is 43.7 Å². The third kappa shape index (κ3) is 5.02. The lowest BCUT2D eigenvalue weighted by Gasteiger charge is -2.23. The summed E-state index contributed by atoms with van der Waals surface area (Å²) >= 11 is 0. The number of Topliss-reactive ketones (excluding diaryl/α,β-unsaturated/α-hetero) is 1. The van der Waals surface area contributed by atoms with E-state index in [4.69, 9.17) is 4.74 Å². The van der Waals surface area contributed by atoms with Crippen LogP contribution in [0.25, 0.3) is 0 Å². The first-order valence-corrected chi connectivity index (χ1v) is 9.71. The Bertz CT molecular complexity index is 1010. The van der Waals surface area contributed by atoms with Crippen LogP contribution >= 0.6 is 0 Å². The molecule has 0 aromatic heterocycles. The van der Waals surface area contributed by atoms with Crippen LogP contribution in [0.15, 0.2) is 48.5 Å². The number of amides is 3. The number of benzene rings is 2. The molecule has 170 valence electrons. The molecule has 0 bridgehead atoms. The van der Waals surface area contributed by atoms with Gasteiger partial charge in [0.05, 0.1) is 6.54 Å². The first kappa shape index (κ1) is 23.1. The van der Waals surface area contributed by atoms with E-state index < -0.39 is 30.2 Å². The van der Waals surface area contributed by atoms with E-state index in [2.05, 4.69) is 10.1 Å². The number of alkyl halides is 2. The van der Waals surface area contributed by atoms with E-state index >= 15 is 0 Å². The molecular formula is C22H22F2N2O6. The topological polar surface area (TPSA) is 105 Å². The number of aliphatic hydroxyl groups excluding tert-OH is 1. The second-order valence-electron chi connectivity index (χ2n) is 7.42. The van der Waals surface area contributed by atoms with Crippen molar-refractivity contribution in [2.75, 3.05) is 13.2 Å². The van der Waals surface area contributed by atoms with Gasteiger partial charge < -0.3 is 19.9 Å². The van der Waals surface area contributed by atoms with Crippen molar-refractivity contribution in [3.8, 4) is 11.5 Å². The zero-order valence-electron chi connectivity index (χ0n) is 17.4. The minimum atomic E-state index is -2.98. The molecule has 32 heavy (non-hydrogen) atoms. The fraction of sp³-hybridized carbons (Fsp3) is 0.318. The molecule has 3 rings (SSSR count). The Morgan fingerprint density at radius 1 is 1.16 bits per heavy atom. The Kier molecular flexibility index (Phi) is 6.73. The summed E-state index contributed by atoms with van der Waals surface area (Å²) in [4.78, 5) is 37.6. The number of carbonyl (C=O) groups is 3. The normalized spacial score (nSPS) is 19.1. The van der Waals surface area contributed by atoms with E-state index in [0.717, 1.165) is 4.90 Å². The van der Waals surface area contributed by atoms with Crippen molar-refractivity contribution in [2.45, 2.75) is 32.1 Å². The number of ketones is 1. The molecule has 8 nitrogen and oxygen atoms in total. The van der Waals surface area contributed by atoms with Gasteiger partial charge in [0, 0.05) is 5.56 Å². The fourth-order valence-electron chi connectivity index (χ4n) is 3.29. The quantitative estimate of drug-likeness (QED) is 0.452. The molecule has 1 aliphatic rings. The standard InChI is InChI=1S/C22H22F2N2O6/c1-13(27)14-4-3-5-18(10-14)31-12-16(28)11-26-19(29)22(2,25-21(26)30)15-6-8-17(9-7-15)32-20(23)24/h3-10,16,20,28H,11-12H2,1-2H3,(H,25,30). The summed E-state index contributed by atoms with van der Waals surface area (Å²) in [7, 11) is 0. The third-order valence-electron chi connectivity index (χ3n) is 5.01. The Labute approximate surface area is 182 Å². The second kappa shape index (κ2) is 9.31. The van der Waals surface area contributed by atoms with Gasteiger partial charge in [-0.3, -0.25) is 14.5 Å². The second-order valence-corrected chi connectivity index (χ2v) is 7.42. The van der Waals surface area contributed by atoms with Crippen molar-refractivity contribution in [1.82, 2.24) is 10.2 Å². The predicted molar refractivity (Wildman–Crippen MR) is 109 cm³/mol. The van der Waals surface area contributed by atoms with Gasteiger partial charge >= 0.3 is 12.6 Å². The fourth-order valence-corrected chi connectivity index (χ4v) is 3.29. The van der Waals surface area contributed by atoms with Crippen molar-refractivity contribution in [3.05, 3.63) is 59.7 Å². The number of hydrogen-bond donors (Lipinski definition) is 2. The SMILES string of the molecule is CC(=O)c1cccc(OCC(O)CN2C(=O)NC(C)(c3ccc(OC(F)F)cc3)C2=O)c1. The molecule has 0 aliphatic carbocycles. The number of carbonyl (C=O) groups excluding carboxylic acids is 3. The summed E-state index contributed by atoms with van der Waals surface area (Å²) in [6.07, 6.45) is -1.19. The Morgan fingerprint density at radius 2 is 1.84 bits per heavy atom. The molecule has 1 aliphatic heterocycles. The highest BCUT2D eigenvalue weighted by atomic mass is 19.3. The van der Waals surface area contributed by atoms with E-state index in [1.807, 2.05) is 0 Å². The number of β-amino-alcohol motifs (C(OH)–C–C–N with tert-alkyl or cyclic N) is 1. The van der Waals surface area contributed by atoms with Crippen molar-refractivity contribution >= 4 is 17.7 Å². The van der Waals surface area contributed by atoms with Gasteiger partial charge in [-0.1, -0.05) is 24.3 Å². The van der Waals surface area contributed by atoms with E-state index in [0.29, 0.717) is 16.9 Å². The van der Waals surface area contributed by atoms with Crippen LogP contribution in [0.2, 0.25) is 0 Å². The number of halogens is 2. The summed E-state index contributed by atoms with van der Waals surface area (Å²) in [5, 5.41) is 12.9. The van der Waals surface area contributed by atoms with Gasteiger partial charge in [0.2, 0.25) is 0 Å². The minimum absolute atomic E-state index is 0.0811. The van der Waals surface area contributed by atoms with Crippen LogP contribution in [0.4, 0.5) is 13.6 Å². The number of aliphatic hydroxyl groups is 1. The molecule has 1 fully saturated rings. The summed E-state index contributed by atoms with van der Waals surface area (Å²) in [6, 6.07) is 11.1. The first-order valence-electron chi connectivity index (χ1n) is 9.71. The van der Waals surface area contributed by atoms with Gasteiger partial charge in [-0.15, -0.1) is 0 Å². The van der Waals surface area contributed by atoms with Crippen LogP contribution in [0.5, 0.6) is 11.5 Å². The summed E-state index contributed by atoms with van der Waals surface area (Å²) in [6.45, 7) is -0.615. The van der Waals surface area contributed by atoms with Crippen molar-refractivity contribution in [2.24, 2.45) is 0 Å². The van der Waals surface area contributed by atoms with Crippen LogP contribution in [0, 0.1) is 0 Å². The van der Waals surface area contributed by atoms with Crippen LogP contribution in [0.1, 0.15) is 29.8 Å². The molecule has 2 unspecified atom stereocenters. The number of hydrogen-bond acceptors (Lipinski definition) is 6. The summed E-state index contributed by atoms with van der Waals surface area (Å²) in [5.74, 6) is -0.460. The van der Waals surface area contributed by atoms with E-state index in [-0.39, 0.29) is 24.7 Å². The van der Waals surface area contributed by atoms with Crippen LogP contribution in [-0.2, 0) is 10.3 Å². The highest BCUT2D eigenvalue weighted by Crippen LogP contribution is 2.30. The average molecular weight is 448 g/mol. The summed E-state index contributed by atoms with van der Waals surface area (Å²) in [5.41, 5.74) is -0.616. The molecule has 2 aromatic rings. The maximum atomic E-state index is 12.9. The maximum absolute atomic E-state index is 12.9. The molecule has 1 heterocycles. The maximum Gasteiger partial charge on any atom is 0.387 e. The monoisotopic (exact) mass is 448 g/mol. The third-order valence-corrected chi connectivity index (χ3v) is 5.01. The molecule has 2 N–H and O–H groups in total. The molecular weight excluding hydrogens is 426 g/mol. The smallest absolute Gasteiger partial charge is 0.387 e. The molecule has 0 saturated carbocycles. The van der Waals surface area contributed by atoms with E-state index in [9.17, 15) is 28.3 Å². The lowest BCUT2D eigenvalue weighted by atomic mass is 9.92. The Balaban J connectivity index is 1.64. The van der Waals surface area contributed by atoms with Crippen LogP contribution < -0.4 is 14.8 Å². The highest BCUT2D eigenvalue weighted by Gasteiger charge is 2.49. The molecule has 2 atom stereocenters. The molecule has 0 radical (unpaired) electrons. The predicted octanol–water partition coefficient (Wildman–Crippen LogP) is 2.70. The van der Waals surface area contributed by atoms with Crippen molar-refractivity contribution < 1.29 is 37.7 Å². The lowest BCUT2D eigenvalue weighted by Crippen LogP contribution is -2.42. The van der Waals surface area contributed by atoms with Gasteiger partial charge in [0.1, 0.15) is 29.7 Å². The number of imide groups is 1. The Morgan fingerprint density at radius 3 is 2.47 bits per heavy atom. The molecule has 1 saturated heterocycles. The van der Waals surface area contributed by atoms with Gasteiger partial charge in [0.25, 0.3) is 5.91 Å². The highest BCUT2D eigenvalue weighted by molar-refractivity contribution is 6.07. The lowest BCUT2D eigenvalue weighted by molar-refractivity contribution is -0.132. The van der Waals surface area contributed by atoms with E-state index in [1.165, 1.54) is 44.2 Å². The van der Waals surface area contributed by atoms with Crippen molar-refractivity contribution in [3.63, 3.8) is 0 Å². The number of nitrogens with one attached hydrogen (secondary N) is 1. The zero-order chi connectivity index (χ0) is 23.5. The molecule has 0 spiro atoms. The van der Waals surface area contributed by atoms with Crippen LogP contribution in [-0.4, -0.2) is 53.6 Å².